The monoisotopic (exact) mass is 309 g/mol. The van der Waals surface area contributed by atoms with E-state index in [-0.39, 0.29) is 11.8 Å². The molecule has 2 aromatic heterocycles. The Bertz CT molecular complexity index is 883. The van der Waals surface area contributed by atoms with Crippen LogP contribution in [0.5, 0.6) is 0 Å². The molecular formula is C16H15N5O2. The van der Waals surface area contributed by atoms with Crippen molar-refractivity contribution in [2.45, 2.75) is 6.92 Å². The number of fused-ring (bicyclic) bond motifs is 1. The number of aromatic amines is 1. The molecule has 0 bridgehead atoms. The highest BCUT2D eigenvalue weighted by molar-refractivity contribution is 6.06. The topological polar surface area (TPSA) is 99.8 Å². The minimum Gasteiger partial charge on any atom is -0.355 e. The molecule has 0 aliphatic carbocycles. The number of aryl methyl sites for hydroxylation is 1. The highest BCUT2D eigenvalue weighted by Gasteiger charge is 2.11. The van der Waals surface area contributed by atoms with Gasteiger partial charge in [-0.15, -0.1) is 0 Å². The van der Waals surface area contributed by atoms with Gasteiger partial charge in [0.1, 0.15) is 0 Å². The van der Waals surface area contributed by atoms with Gasteiger partial charge in [-0.3, -0.25) is 14.7 Å². The molecule has 3 rings (SSSR count). The molecule has 0 aliphatic heterocycles. The number of carbonyl (C=O) groups excluding carboxylic acids is 2. The van der Waals surface area contributed by atoms with Gasteiger partial charge in [-0.05, 0) is 37.3 Å². The molecular weight excluding hydrogens is 294 g/mol. The third-order valence-electron chi connectivity index (χ3n) is 3.49. The minimum absolute atomic E-state index is 0.173. The molecule has 116 valence electrons. The predicted octanol–water partition coefficient (Wildman–Crippen LogP) is 1.88. The third kappa shape index (κ3) is 2.89. The zero-order valence-electron chi connectivity index (χ0n) is 12.7. The smallest absolute Gasteiger partial charge is 0.257 e. The SMILES string of the molecule is CNC(=O)c1ccc(NC(=O)c2cnc3n[nH]c(C)c3c2)cc1. The zero-order chi connectivity index (χ0) is 16.4. The largest absolute Gasteiger partial charge is 0.355 e. The number of hydrogen-bond donors (Lipinski definition) is 3. The van der Waals surface area contributed by atoms with Crippen molar-refractivity contribution in [3.63, 3.8) is 0 Å². The second kappa shape index (κ2) is 5.88. The van der Waals surface area contributed by atoms with Crippen molar-refractivity contribution < 1.29 is 9.59 Å². The molecule has 7 nitrogen and oxygen atoms in total. The Balaban J connectivity index is 1.79. The summed E-state index contributed by atoms with van der Waals surface area (Å²) in [4.78, 5) is 27.9. The maximum atomic E-state index is 12.3. The van der Waals surface area contributed by atoms with Gasteiger partial charge in [0.2, 0.25) is 0 Å². The van der Waals surface area contributed by atoms with Gasteiger partial charge in [0.25, 0.3) is 11.8 Å². The summed E-state index contributed by atoms with van der Waals surface area (Å²) in [6.45, 7) is 1.87. The summed E-state index contributed by atoms with van der Waals surface area (Å²) in [7, 11) is 1.57. The van der Waals surface area contributed by atoms with Crippen LogP contribution in [-0.2, 0) is 0 Å². The first-order valence-corrected chi connectivity index (χ1v) is 7.02. The Hall–Kier alpha value is -3.22. The third-order valence-corrected chi connectivity index (χ3v) is 3.49. The van der Waals surface area contributed by atoms with E-state index in [0.717, 1.165) is 11.1 Å². The first-order chi connectivity index (χ1) is 11.1. The Labute approximate surface area is 132 Å². The van der Waals surface area contributed by atoms with Crippen molar-refractivity contribution in [3.8, 4) is 0 Å². The molecule has 7 heteroatoms. The number of nitrogens with zero attached hydrogens (tertiary/aromatic N) is 2. The van der Waals surface area contributed by atoms with Crippen LogP contribution in [0.3, 0.4) is 0 Å². The van der Waals surface area contributed by atoms with Crippen LogP contribution in [0.15, 0.2) is 36.5 Å². The maximum absolute atomic E-state index is 12.3. The summed E-state index contributed by atoms with van der Waals surface area (Å²) in [6, 6.07) is 8.40. The van der Waals surface area contributed by atoms with E-state index in [2.05, 4.69) is 25.8 Å². The number of pyridine rings is 1. The highest BCUT2D eigenvalue weighted by Crippen LogP contribution is 2.16. The number of rotatable bonds is 3. The minimum atomic E-state index is -0.271. The lowest BCUT2D eigenvalue weighted by Crippen LogP contribution is -2.18. The van der Waals surface area contributed by atoms with Crippen LogP contribution in [0.2, 0.25) is 0 Å². The van der Waals surface area contributed by atoms with Crippen molar-refractivity contribution in [3.05, 3.63) is 53.3 Å². The number of aromatic nitrogens is 3. The number of nitrogens with one attached hydrogen (secondary N) is 3. The molecule has 1 aromatic carbocycles. The molecule has 0 atom stereocenters. The molecule has 0 unspecified atom stereocenters. The molecule has 23 heavy (non-hydrogen) atoms. The second-order valence-corrected chi connectivity index (χ2v) is 5.05. The van der Waals surface area contributed by atoms with E-state index in [1.54, 1.807) is 37.4 Å². The number of H-pyrrole nitrogens is 1. The molecule has 0 saturated heterocycles. The van der Waals surface area contributed by atoms with Crippen molar-refractivity contribution in [2.75, 3.05) is 12.4 Å². The van der Waals surface area contributed by atoms with Crippen LogP contribution in [0.25, 0.3) is 11.0 Å². The van der Waals surface area contributed by atoms with Crippen LogP contribution in [-0.4, -0.2) is 34.0 Å². The highest BCUT2D eigenvalue weighted by atomic mass is 16.2. The van der Waals surface area contributed by atoms with Crippen LogP contribution in [0.4, 0.5) is 5.69 Å². The van der Waals surface area contributed by atoms with Gasteiger partial charge in [-0.2, -0.15) is 5.10 Å². The first kappa shape index (κ1) is 14.7. The maximum Gasteiger partial charge on any atom is 0.257 e. The standard InChI is InChI=1S/C16H15N5O2/c1-9-13-7-11(8-18-14(13)21-20-9)16(23)19-12-5-3-10(4-6-12)15(22)17-2/h3-8H,1-2H3,(H,17,22)(H,19,23)(H,18,20,21). The molecule has 0 fully saturated rings. The fraction of sp³-hybridized carbons (Fsp3) is 0.125. The van der Waals surface area contributed by atoms with Crippen LogP contribution >= 0.6 is 0 Å². The summed E-state index contributed by atoms with van der Waals surface area (Å²) >= 11 is 0. The summed E-state index contributed by atoms with van der Waals surface area (Å²) in [6.07, 6.45) is 1.48. The number of hydrogen-bond acceptors (Lipinski definition) is 4. The van der Waals surface area contributed by atoms with Gasteiger partial charge in [0.15, 0.2) is 5.65 Å². The van der Waals surface area contributed by atoms with Crippen LogP contribution < -0.4 is 10.6 Å². The van der Waals surface area contributed by atoms with Gasteiger partial charge in [0, 0.05) is 35.6 Å². The lowest BCUT2D eigenvalue weighted by Gasteiger charge is -2.06. The Morgan fingerprint density at radius 1 is 1.09 bits per heavy atom. The Kier molecular flexibility index (Phi) is 3.76. The summed E-state index contributed by atoms with van der Waals surface area (Å²) in [5.74, 6) is -0.444. The predicted molar refractivity (Wildman–Crippen MR) is 86.4 cm³/mol. The normalized spacial score (nSPS) is 10.5. The van der Waals surface area contributed by atoms with E-state index in [1.165, 1.54) is 6.20 Å². The average molecular weight is 309 g/mol. The first-order valence-electron chi connectivity index (χ1n) is 7.02. The number of benzene rings is 1. The van der Waals surface area contributed by atoms with Gasteiger partial charge in [-0.25, -0.2) is 4.98 Å². The van der Waals surface area contributed by atoms with Crippen molar-refractivity contribution in [1.29, 1.82) is 0 Å². The van der Waals surface area contributed by atoms with Gasteiger partial charge in [-0.1, -0.05) is 0 Å². The fourth-order valence-electron chi connectivity index (χ4n) is 2.20. The number of carbonyl (C=O) groups is 2. The Morgan fingerprint density at radius 3 is 2.52 bits per heavy atom. The molecule has 0 spiro atoms. The van der Waals surface area contributed by atoms with E-state index in [1.807, 2.05) is 6.92 Å². The van der Waals surface area contributed by atoms with E-state index >= 15 is 0 Å². The van der Waals surface area contributed by atoms with E-state index < -0.39 is 0 Å². The van der Waals surface area contributed by atoms with Crippen molar-refractivity contribution >= 4 is 28.5 Å². The molecule has 0 aliphatic rings. The van der Waals surface area contributed by atoms with Crippen molar-refractivity contribution in [2.24, 2.45) is 0 Å². The second-order valence-electron chi connectivity index (χ2n) is 5.05. The summed E-state index contributed by atoms with van der Waals surface area (Å²) in [5.41, 5.74) is 3.01. The lowest BCUT2D eigenvalue weighted by molar-refractivity contribution is 0.0962. The van der Waals surface area contributed by atoms with E-state index in [0.29, 0.717) is 22.5 Å². The summed E-state index contributed by atoms with van der Waals surface area (Å²) < 4.78 is 0. The molecule has 2 heterocycles. The molecule has 0 radical (unpaired) electrons. The number of anilines is 1. The van der Waals surface area contributed by atoms with E-state index in [4.69, 9.17) is 0 Å². The fourth-order valence-corrected chi connectivity index (χ4v) is 2.20. The number of amides is 2. The average Bonchev–Trinajstić information content (AvgIpc) is 2.95. The molecule has 2 amide bonds. The lowest BCUT2D eigenvalue weighted by atomic mass is 10.1. The molecule has 3 N–H and O–H groups in total. The van der Waals surface area contributed by atoms with Gasteiger partial charge in [0.05, 0.1) is 5.56 Å². The van der Waals surface area contributed by atoms with Crippen LogP contribution in [0, 0.1) is 6.92 Å². The van der Waals surface area contributed by atoms with Gasteiger partial charge >= 0.3 is 0 Å². The zero-order valence-corrected chi connectivity index (χ0v) is 12.7. The quantitative estimate of drug-likeness (QED) is 0.687. The molecule has 0 saturated carbocycles. The van der Waals surface area contributed by atoms with Crippen molar-refractivity contribution in [1.82, 2.24) is 20.5 Å². The molecule has 3 aromatic rings. The van der Waals surface area contributed by atoms with Crippen LogP contribution in [0.1, 0.15) is 26.4 Å². The Morgan fingerprint density at radius 2 is 1.83 bits per heavy atom. The van der Waals surface area contributed by atoms with Gasteiger partial charge < -0.3 is 10.6 Å². The summed E-state index contributed by atoms with van der Waals surface area (Å²) in [5, 5.41) is 13.0. The van der Waals surface area contributed by atoms with E-state index in [9.17, 15) is 9.59 Å².